The smallest absolute Gasteiger partial charge is 0.416 e. The largest absolute Gasteiger partial charge is 0.457 e. The van der Waals surface area contributed by atoms with Crippen LogP contribution in [0.2, 0.25) is 0 Å². The molecule has 1 nitrogen and oxygen atoms in total. The Hall–Kier alpha value is -2.04. The number of ether oxygens (including phenoxy) is 1. The molecule has 0 amide bonds. The topological polar surface area (TPSA) is 9.23 Å². The molecule has 0 fully saturated rings. The molecule has 0 N–H and O–H groups in total. The molecule has 0 bridgehead atoms. The summed E-state index contributed by atoms with van der Waals surface area (Å²) in [6, 6.07) is 9.53. The van der Waals surface area contributed by atoms with E-state index in [1.807, 2.05) is 0 Å². The van der Waals surface area contributed by atoms with Crippen molar-refractivity contribution < 1.29 is 22.3 Å². The molecular weight excluding hydrogens is 248 g/mol. The van der Waals surface area contributed by atoms with Crippen LogP contribution in [0, 0.1) is 5.82 Å². The molecule has 0 aliphatic rings. The molecule has 0 heterocycles. The first kappa shape index (κ1) is 12.4. The fourth-order valence-corrected chi connectivity index (χ4v) is 1.37. The minimum atomic E-state index is -4.41. The average molecular weight is 256 g/mol. The van der Waals surface area contributed by atoms with Crippen LogP contribution in [0.25, 0.3) is 0 Å². The first-order chi connectivity index (χ1) is 8.45. The zero-order valence-electron chi connectivity index (χ0n) is 9.04. The lowest BCUT2D eigenvalue weighted by Crippen LogP contribution is -2.04. The molecule has 0 atom stereocenters. The molecule has 0 saturated heterocycles. The first-order valence-corrected chi connectivity index (χ1v) is 5.06. The minimum absolute atomic E-state index is 0.0523. The van der Waals surface area contributed by atoms with Gasteiger partial charge in [0.1, 0.15) is 17.3 Å². The maximum absolute atomic E-state index is 12.6. The van der Waals surface area contributed by atoms with Crippen LogP contribution in [0.15, 0.2) is 48.5 Å². The predicted octanol–water partition coefficient (Wildman–Crippen LogP) is 4.64. The van der Waals surface area contributed by atoms with Gasteiger partial charge in [0.15, 0.2) is 0 Å². The van der Waals surface area contributed by atoms with Gasteiger partial charge in [-0.15, -0.1) is 0 Å². The van der Waals surface area contributed by atoms with Crippen molar-refractivity contribution >= 4 is 0 Å². The van der Waals surface area contributed by atoms with Crippen LogP contribution >= 0.6 is 0 Å². The van der Waals surface area contributed by atoms with Gasteiger partial charge in [-0.3, -0.25) is 0 Å². The van der Waals surface area contributed by atoms with Gasteiger partial charge in [0.05, 0.1) is 5.56 Å². The number of hydrogen-bond donors (Lipinski definition) is 0. The number of alkyl halides is 3. The summed E-state index contributed by atoms with van der Waals surface area (Å²) in [5.74, 6) is -0.112. The summed E-state index contributed by atoms with van der Waals surface area (Å²) in [6.45, 7) is 0. The monoisotopic (exact) mass is 256 g/mol. The van der Waals surface area contributed by atoms with Crippen molar-refractivity contribution in [3.8, 4) is 11.5 Å². The number of benzene rings is 2. The molecule has 5 heteroatoms. The van der Waals surface area contributed by atoms with Crippen molar-refractivity contribution in [2.24, 2.45) is 0 Å². The van der Waals surface area contributed by atoms with Gasteiger partial charge in [-0.25, -0.2) is 4.39 Å². The van der Waals surface area contributed by atoms with Gasteiger partial charge < -0.3 is 4.74 Å². The molecule has 2 aromatic carbocycles. The second kappa shape index (κ2) is 4.68. The molecule has 0 spiro atoms. The summed E-state index contributed by atoms with van der Waals surface area (Å²) < 4.78 is 55.2. The van der Waals surface area contributed by atoms with Crippen molar-refractivity contribution in [2.75, 3.05) is 0 Å². The van der Waals surface area contributed by atoms with Gasteiger partial charge in [0, 0.05) is 0 Å². The lowest BCUT2D eigenvalue weighted by Gasteiger charge is -2.09. The standard InChI is InChI=1S/C13H8F4O/c14-10-4-6-11(7-5-10)18-12-3-1-2-9(8-12)13(15,16)17/h1-8H. The zero-order valence-corrected chi connectivity index (χ0v) is 9.04. The first-order valence-electron chi connectivity index (χ1n) is 5.06. The fraction of sp³-hybridized carbons (Fsp3) is 0.0769. The predicted molar refractivity (Wildman–Crippen MR) is 57.9 cm³/mol. The van der Waals surface area contributed by atoms with E-state index in [9.17, 15) is 17.6 Å². The molecule has 0 unspecified atom stereocenters. The third-order valence-corrected chi connectivity index (χ3v) is 2.21. The van der Waals surface area contributed by atoms with Gasteiger partial charge >= 0.3 is 6.18 Å². The molecule has 18 heavy (non-hydrogen) atoms. The normalized spacial score (nSPS) is 11.3. The van der Waals surface area contributed by atoms with Crippen LogP contribution in [0.3, 0.4) is 0 Å². The highest BCUT2D eigenvalue weighted by molar-refractivity contribution is 5.34. The average Bonchev–Trinajstić information content (AvgIpc) is 2.31. The Balaban J connectivity index is 2.22. The van der Waals surface area contributed by atoms with E-state index in [0.717, 1.165) is 12.1 Å². The number of hydrogen-bond acceptors (Lipinski definition) is 1. The van der Waals surface area contributed by atoms with Crippen LogP contribution in [0.4, 0.5) is 17.6 Å². The summed E-state index contributed by atoms with van der Waals surface area (Å²) >= 11 is 0. The van der Waals surface area contributed by atoms with Crippen LogP contribution in [-0.2, 0) is 6.18 Å². The molecule has 0 aromatic heterocycles. The van der Waals surface area contributed by atoms with Crippen LogP contribution < -0.4 is 4.74 Å². The number of rotatable bonds is 2. The van der Waals surface area contributed by atoms with E-state index in [-0.39, 0.29) is 11.5 Å². The SMILES string of the molecule is Fc1ccc(Oc2cccc(C(F)(F)F)c2)cc1. The van der Waals surface area contributed by atoms with Gasteiger partial charge in [0.2, 0.25) is 0 Å². The second-order valence-corrected chi connectivity index (χ2v) is 3.58. The zero-order chi connectivity index (χ0) is 13.2. The highest BCUT2D eigenvalue weighted by Crippen LogP contribution is 2.32. The lowest BCUT2D eigenvalue weighted by atomic mass is 10.2. The van der Waals surface area contributed by atoms with E-state index in [1.54, 1.807) is 0 Å². The van der Waals surface area contributed by atoms with Gasteiger partial charge in [-0.2, -0.15) is 13.2 Å². The van der Waals surface area contributed by atoms with E-state index in [4.69, 9.17) is 4.74 Å². The van der Waals surface area contributed by atoms with E-state index >= 15 is 0 Å². The maximum Gasteiger partial charge on any atom is 0.416 e. The van der Waals surface area contributed by atoms with E-state index in [0.29, 0.717) is 0 Å². The summed E-state index contributed by atoms with van der Waals surface area (Å²) in [5, 5.41) is 0. The Bertz CT molecular complexity index is 531. The Kier molecular flexibility index (Phi) is 3.23. The Morgan fingerprint density at radius 1 is 0.833 bits per heavy atom. The fourth-order valence-electron chi connectivity index (χ4n) is 1.37. The maximum atomic E-state index is 12.6. The third kappa shape index (κ3) is 3.00. The van der Waals surface area contributed by atoms with Crippen molar-refractivity contribution in [2.45, 2.75) is 6.18 Å². The second-order valence-electron chi connectivity index (χ2n) is 3.58. The van der Waals surface area contributed by atoms with E-state index < -0.39 is 17.6 Å². The lowest BCUT2D eigenvalue weighted by molar-refractivity contribution is -0.137. The highest BCUT2D eigenvalue weighted by atomic mass is 19.4. The Morgan fingerprint density at radius 3 is 2.11 bits per heavy atom. The van der Waals surface area contributed by atoms with Crippen LogP contribution in [0.5, 0.6) is 11.5 Å². The van der Waals surface area contributed by atoms with Crippen molar-refractivity contribution in [1.82, 2.24) is 0 Å². The molecule has 0 aliphatic carbocycles. The molecule has 0 radical (unpaired) electrons. The van der Waals surface area contributed by atoms with E-state index in [2.05, 4.69) is 0 Å². The van der Waals surface area contributed by atoms with Crippen LogP contribution in [-0.4, -0.2) is 0 Å². The summed E-state index contributed by atoms with van der Waals surface area (Å²) in [7, 11) is 0. The molecule has 2 rings (SSSR count). The molecular formula is C13H8F4O. The summed E-state index contributed by atoms with van der Waals surface area (Å²) in [5.41, 5.74) is -0.790. The van der Waals surface area contributed by atoms with Gasteiger partial charge in [-0.1, -0.05) is 6.07 Å². The summed E-state index contributed by atoms with van der Waals surface area (Å²) in [6.07, 6.45) is -4.41. The quantitative estimate of drug-likeness (QED) is 0.711. The van der Waals surface area contributed by atoms with E-state index in [1.165, 1.54) is 36.4 Å². The molecule has 94 valence electrons. The number of halogens is 4. The minimum Gasteiger partial charge on any atom is -0.457 e. The van der Waals surface area contributed by atoms with Gasteiger partial charge in [-0.05, 0) is 42.5 Å². The van der Waals surface area contributed by atoms with Crippen LogP contribution in [0.1, 0.15) is 5.56 Å². The van der Waals surface area contributed by atoms with Gasteiger partial charge in [0.25, 0.3) is 0 Å². The molecule has 0 saturated carbocycles. The Morgan fingerprint density at radius 2 is 1.50 bits per heavy atom. The molecule has 0 aliphatic heterocycles. The van der Waals surface area contributed by atoms with Crippen molar-refractivity contribution in [1.29, 1.82) is 0 Å². The van der Waals surface area contributed by atoms with Crippen molar-refractivity contribution in [3.05, 3.63) is 59.9 Å². The summed E-state index contributed by atoms with van der Waals surface area (Å²) in [4.78, 5) is 0. The molecule has 2 aromatic rings. The third-order valence-electron chi connectivity index (χ3n) is 2.21. The highest BCUT2D eigenvalue weighted by Gasteiger charge is 2.30. The van der Waals surface area contributed by atoms with Crippen molar-refractivity contribution in [3.63, 3.8) is 0 Å². The Labute approximate surface area is 101 Å².